The molecule has 228 valence electrons. The van der Waals surface area contributed by atoms with E-state index in [0.29, 0.717) is 56.8 Å². The molecule has 0 rings (SSSR count). The van der Waals surface area contributed by atoms with Gasteiger partial charge in [-0.15, -0.1) is 0 Å². The van der Waals surface area contributed by atoms with Crippen LogP contribution >= 0.6 is 0 Å². The average molecular weight is 563 g/mol. The molecule has 0 aliphatic heterocycles. The van der Waals surface area contributed by atoms with Gasteiger partial charge in [-0.05, 0) is 37.5 Å². The minimum Gasteiger partial charge on any atom is -0.481 e. The number of hydrogen-bond donors (Lipinski definition) is 2. The lowest BCUT2D eigenvalue weighted by Gasteiger charge is -2.24. The first-order valence-corrected chi connectivity index (χ1v) is 14.9. The molecule has 0 aromatic rings. The van der Waals surface area contributed by atoms with E-state index in [-0.39, 0.29) is 6.42 Å². The Kier molecular flexibility index (Phi) is 24.7. The van der Waals surface area contributed by atoms with Crippen LogP contribution in [0.4, 0.5) is 0 Å². The number of carbonyl (C=O) groups is 2. The molecule has 0 saturated heterocycles. The second kappa shape index (κ2) is 25.2. The Morgan fingerprint density at radius 2 is 1.18 bits per heavy atom. The second-order valence-electron chi connectivity index (χ2n) is 11.4. The molecule has 0 bridgehead atoms. The topological polar surface area (TPSA) is 133 Å². The third-order valence-corrected chi connectivity index (χ3v) is 7.08. The number of carboxylic acid groups (broad SMARTS) is 2. The van der Waals surface area contributed by atoms with E-state index in [1.807, 2.05) is 0 Å². The highest BCUT2D eigenvalue weighted by molar-refractivity contribution is 5.80. The van der Waals surface area contributed by atoms with Crippen LogP contribution in [0, 0.1) is 17.8 Å². The van der Waals surface area contributed by atoms with Crippen LogP contribution in [0.15, 0.2) is 35.3 Å². The van der Waals surface area contributed by atoms with Crippen molar-refractivity contribution >= 4 is 24.1 Å². The van der Waals surface area contributed by atoms with Crippen molar-refractivity contribution in [2.75, 3.05) is 0 Å². The zero-order valence-corrected chi connectivity index (χ0v) is 25.4. The number of isocyanates is 2. The van der Waals surface area contributed by atoms with Gasteiger partial charge in [0, 0.05) is 0 Å². The summed E-state index contributed by atoms with van der Waals surface area (Å²) in [6, 6.07) is -0.636. The molecule has 0 amide bonds. The van der Waals surface area contributed by atoms with Crippen LogP contribution in [0.25, 0.3) is 0 Å². The quantitative estimate of drug-likeness (QED) is 0.0529. The summed E-state index contributed by atoms with van der Waals surface area (Å²) in [7, 11) is 0. The fraction of sp³-hybridized carbons (Fsp3) is 0.750. The first-order valence-electron chi connectivity index (χ1n) is 14.9. The van der Waals surface area contributed by atoms with E-state index >= 15 is 0 Å². The number of rotatable bonds is 24. The molecule has 0 saturated carbocycles. The lowest BCUT2D eigenvalue weighted by Crippen LogP contribution is -2.36. The number of carbonyl (C=O) groups excluding carboxylic acids is 2. The molecule has 3 atom stereocenters. The van der Waals surface area contributed by atoms with Crippen molar-refractivity contribution in [3.63, 3.8) is 0 Å². The molecular weight excluding hydrogens is 508 g/mol. The van der Waals surface area contributed by atoms with Gasteiger partial charge in [0.25, 0.3) is 0 Å². The van der Waals surface area contributed by atoms with E-state index in [0.717, 1.165) is 44.9 Å². The molecule has 0 aliphatic rings. The second-order valence-corrected chi connectivity index (χ2v) is 11.4. The van der Waals surface area contributed by atoms with Crippen molar-refractivity contribution in [1.29, 1.82) is 0 Å². The van der Waals surface area contributed by atoms with Gasteiger partial charge in [-0.1, -0.05) is 124 Å². The van der Waals surface area contributed by atoms with Gasteiger partial charge in [-0.25, -0.2) is 19.4 Å². The van der Waals surface area contributed by atoms with Crippen LogP contribution in [0.3, 0.4) is 0 Å². The Hall–Kier alpha value is -2.82. The number of allylic oxidation sites excluding steroid dienone is 2. The number of hydrogen-bond acceptors (Lipinski definition) is 6. The highest BCUT2D eigenvalue weighted by Gasteiger charge is 2.37. The molecule has 0 fully saturated rings. The normalized spacial score (nSPS) is 13.6. The molecule has 2 N–H and O–H groups in total. The molecule has 0 aliphatic carbocycles. The molecule has 40 heavy (non-hydrogen) atoms. The Bertz CT molecular complexity index is 802. The summed E-state index contributed by atoms with van der Waals surface area (Å²) in [5.41, 5.74) is -1.46. The van der Waals surface area contributed by atoms with Crippen LogP contribution in [0.1, 0.15) is 124 Å². The fourth-order valence-electron chi connectivity index (χ4n) is 4.68. The SMILES string of the molecule is C=CC=C.CC(C)CCCCCC(C(=O)O)C(CCCCCC(CCCCCC(C)C)(N=C=O)C(=O)O)N=C=O. The predicted octanol–water partition coefficient (Wildman–Crippen LogP) is 8.07. The zero-order valence-electron chi connectivity index (χ0n) is 25.4. The summed E-state index contributed by atoms with van der Waals surface area (Å²) >= 11 is 0. The number of carboxylic acids is 2. The standard InChI is InChI=1S/C28H48N2O6.C4H6/c1-22(2)14-8-5-10-16-24(26(33)34)25(29-20-31)17-11-7-13-19-28(27(35)36,30-21-32)18-12-6-9-15-23(3)4;1-3-4-2/h22-25H,5-19H2,1-4H3,(H,33,34)(H,35,36);3-4H,1-2H2. The third kappa shape index (κ3) is 20.1. The minimum absolute atomic E-state index is 0.224. The van der Waals surface area contributed by atoms with Crippen LogP contribution in [0.5, 0.6) is 0 Å². The van der Waals surface area contributed by atoms with Crippen molar-refractivity contribution in [3.05, 3.63) is 25.3 Å². The van der Waals surface area contributed by atoms with Gasteiger partial charge in [-0.3, -0.25) is 4.79 Å². The molecular formula is C32H54N2O6. The Labute approximate surface area is 242 Å². The summed E-state index contributed by atoms with van der Waals surface area (Å²) in [6.07, 6.45) is 17.0. The Balaban J connectivity index is 0. The monoisotopic (exact) mass is 562 g/mol. The lowest BCUT2D eigenvalue weighted by molar-refractivity contribution is -0.144. The van der Waals surface area contributed by atoms with Gasteiger partial charge in [0.2, 0.25) is 12.2 Å². The van der Waals surface area contributed by atoms with E-state index in [1.165, 1.54) is 12.2 Å². The van der Waals surface area contributed by atoms with Gasteiger partial charge < -0.3 is 10.2 Å². The smallest absolute Gasteiger partial charge is 0.332 e. The molecule has 8 nitrogen and oxygen atoms in total. The van der Waals surface area contributed by atoms with E-state index in [4.69, 9.17) is 0 Å². The Morgan fingerprint density at radius 3 is 1.55 bits per heavy atom. The van der Waals surface area contributed by atoms with Gasteiger partial charge in [0.05, 0.1) is 12.0 Å². The molecule has 8 heteroatoms. The highest BCUT2D eigenvalue weighted by atomic mass is 16.4. The summed E-state index contributed by atoms with van der Waals surface area (Å²) < 4.78 is 0. The number of aliphatic carboxylic acids is 2. The maximum atomic E-state index is 12.0. The van der Waals surface area contributed by atoms with Crippen LogP contribution in [-0.4, -0.2) is 45.9 Å². The number of unbranched alkanes of at least 4 members (excludes halogenated alkanes) is 6. The minimum atomic E-state index is -1.46. The first-order chi connectivity index (χ1) is 19.0. The van der Waals surface area contributed by atoms with E-state index in [9.17, 15) is 29.4 Å². The molecule has 3 unspecified atom stereocenters. The molecule has 0 spiro atoms. The summed E-state index contributed by atoms with van der Waals surface area (Å²) in [5, 5.41) is 19.5. The zero-order chi connectivity index (χ0) is 30.8. The van der Waals surface area contributed by atoms with Crippen molar-refractivity contribution < 1.29 is 29.4 Å². The van der Waals surface area contributed by atoms with E-state index < -0.39 is 29.4 Å². The maximum absolute atomic E-state index is 12.0. The first kappa shape index (κ1) is 39.3. The number of aliphatic imine (C=N–C) groups is 2. The van der Waals surface area contributed by atoms with Crippen LogP contribution < -0.4 is 0 Å². The Morgan fingerprint density at radius 1 is 0.725 bits per heavy atom. The van der Waals surface area contributed by atoms with Crippen LogP contribution in [-0.2, 0) is 19.2 Å². The van der Waals surface area contributed by atoms with Crippen molar-refractivity contribution in [2.45, 2.75) is 136 Å². The van der Waals surface area contributed by atoms with Crippen molar-refractivity contribution in [2.24, 2.45) is 27.7 Å². The highest BCUT2D eigenvalue weighted by Crippen LogP contribution is 2.29. The lowest BCUT2D eigenvalue weighted by atomic mass is 9.86. The van der Waals surface area contributed by atoms with Gasteiger partial charge >= 0.3 is 11.9 Å². The molecule has 0 aromatic heterocycles. The van der Waals surface area contributed by atoms with E-state index in [2.05, 4.69) is 50.8 Å². The molecule has 0 aromatic carbocycles. The van der Waals surface area contributed by atoms with Gasteiger partial charge in [0.1, 0.15) is 0 Å². The van der Waals surface area contributed by atoms with Gasteiger partial charge in [0.15, 0.2) is 5.54 Å². The summed E-state index contributed by atoms with van der Waals surface area (Å²) in [6.45, 7) is 15.3. The third-order valence-electron chi connectivity index (χ3n) is 7.08. The fourth-order valence-corrected chi connectivity index (χ4v) is 4.68. The van der Waals surface area contributed by atoms with E-state index in [1.54, 1.807) is 12.2 Å². The molecule has 0 heterocycles. The predicted molar refractivity (Wildman–Crippen MR) is 161 cm³/mol. The van der Waals surface area contributed by atoms with Crippen LogP contribution in [0.2, 0.25) is 0 Å². The van der Waals surface area contributed by atoms with Crippen molar-refractivity contribution in [3.8, 4) is 0 Å². The average Bonchev–Trinajstić information content (AvgIpc) is 2.89. The summed E-state index contributed by atoms with van der Waals surface area (Å²) in [5.74, 6) is -1.57. The van der Waals surface area contributed by atoms with Gasteiger partial charge in [-0.2, -0.15) is 4.99 Å². The number of nitrogens with zero attached hydrogens (tertiary/aromatic N) is 2. The summed E-state index contributed by atoms with van der Waals surface area (Å²) in [4.78, 5) is 53.3. The maximum Gasteiger partial charge on any atom is 0.332 e. The largest absolute Gasteiger partial charge is 0.481 e. The molecule has 0 radical (unpaired) electrons. The van der Waals surface area contributed by atoms with Crippen molar-refractivity contribution in [1.82, 2.24) is 0 Å².